The second-order valence-corrected chi connectivity index (χ2v) is 6.61. The van der Waals surface area contributed by atoms with Gasteiger partial charge in [-0.2, -0.15) is 0 Å². The van der Waals surface area contributed by atoms with E-state index in [9.17, 15) is 13.2 Å². The summed E-state index contributed by atoms with van der Waals surface area (Å²) in [6, 6.07) is 4.12. The van der Waals surface area contributed by atoms with Crippen LogP contribution in [0.15, 0.2) is 37.7 Å². The van der Waals surface area contributed by atoms with Crippen LogP contribution in [0.2, 0.25) is 0 Å². The number of hydrogen-bond donors (Lipinski definition) is 2. The van der Waals surface area contributed by atoms with E-state index in [1.165, 1.54) is 29.5 Å². The molecule has 0 bridgehead atoms. The molecule has 2 N–H and O–H groups in total. The van der Waals surface area contributed by atoms with E-state index in [0.717, 1.165) is 5.69 Å². The Morgan fingerprint density at radius 2 is 2.20 bits per heavy atom. The maximum atomic E-state index is 12.2. The zero-order valence-electron chi connectivity index (χ0n) is 10.2. The Kier molecular flexibility index (Phi) is 2.87. The maximum absolute atomic E-state index is 12.2. The van der Waals surface area contributed by atoms with Crippen molar-refractivity contribution in [1.29, 1.82) is 0 Å². The highest BCUT2D eigenvalue weighted by molar-refractivity contribution is 7.93. The molecule has 104 valence electrons. The van der Waals surface area contributed by atoms with Crippen LogP contribution >= 0.6 is 11.3 Å². The molecular weight excluding hydrogens is 302 g/mol. The molecule has 0 atom stereocenters. The summed E-state index contributed by atoms with van der Waals surface area (Å²) >= 11 is 1.20. The lowest BCUT2D eigenvalue weighted by atomic mass is 10.3. The Balaban J connectivity index is 2.01. The number of nitrogens with zero attached hydrogens (tertiary/aromatic N) is 1. The van der Waals surface area contributed by atoms with Gasteiger partial charge in [0.1, 0.15) is 0 Å². The minimum absolute atomic E-state index is 0.0231. The molecule has 0 radical (unpaired) electrons. The number of aromatic amines is 1. The third-order valence-electron chi connectivity index (χ3n) is 2.54. The monoisotopic (exact) mass is 311 g/mol. The van der Waals surface area contributed by atoms with Crippen molar-refractivity contribution >= 4 is 37.6 Å². The molecule has 2 aromatic heterocycles. The Hall–Kier alpha value is -2.13. The number of hydrogen-bond acceptors (Lipinski definition) is 6. The lowest BCUT2D eigenvalue weighted by Crippen LogP contribution is -2.12. The first-order valence-corrected chi connectivity index (χ1v) is 7.88. The number of anilines is 1. The van der Waals surface area contributed by atoms with Gasteiger partial charge < -0.3 is 4.42 Å². The Morgan fingerprint density at radius 3 is 2.90 bits per heavy atom. The lowest BCUT2D eigenvalue weighted by molar-refractivity contribution is 0.555. The molecule has 0 fully saturated rings. The van der Waals surface area contributed by atoms with Crippen molar-refractivity contribution in [2.24, 2.45) is 0 Å². The van der Waals surface area contributed by atoms with Crippen molar-refractivity contribution in [2.45, 2.75) is 11.8 Å². The molecule has 3 rings (SSSR count). The van der Waals surface area contributed by atoms with Gasteiger partial charge in [-0.1, -0.05) is 0 Å². The zero-order valence-corrected chi connectivity index (χ0v) is 11.8. The van der Waals surface area contributed by atoms with E-state index in [1.807, 2.05) is 0 Å². The standard InChI is InChI=1S/C11H9N3O4S2/c1-6-5-19-10(12-6)14-20(16,17)7-2-3-9-8(4-7)13-11(15)18-9/h2-5H,1H3,(H,12,14)(H,13,15). The normalized spacial score (nSPS) is 11.8. The summed E-state index contributed by atoms with van der Waals surface area (Å²) in [5, 5.41) is 2.04. The summed E-state index contributed by atoms with van der Waals surface area (Å²) in [6.45, 7) is 1.77. The lowest BCUT2D eigenvalue weighted by Gasteiger charge is -2.04. The minimum Gasteiger partial charge on any atom is -0.408 e. The number of nitrogens with one attached hydrogen (secondary N) is 2. The van der Waals surface area contributed by atoms with E-state index in [0.29, 0.717) is 16.2 Å². The van der Waals surface area contributed by atoms with Crippen LogP contribution in [0.4, 0.5) is 5.13 Å². The SMILES string of the molecule is Cc1csc(NS(=O)(=O)c2ccc3oc(=O)[nH]c3c2)n1. The fraction of sp³-hybridized carbons (Fsp3) is 0.0909. The van der Waals surface area contributed by atoms with E-state index in [4.69, 9.17) is 4.42 Å². The van der Waals surface area contributed by atoms with Gasteiger partial charge in [0.05, 0.1) is 16.1 Å². The summed E-state index contributed by atoms with van der Waals surface area (Å²) in [4.78, 5) is 17.5. The fourth-order valence-corrected chi connectivity index (χ4v) is 3.64. The van der Waals surface area contributed by atoms with Crippen molar-refractivity contribution in [2.75, 3.05) is 4.72 Å². The highest BCUT2D eigenvalue weighted by Gasteiger charge is 2.17. The molecule has 7 nitrogen and oxygen atoms in total. The third kappa shape index (κ3) is 2.32. The minimum atomic E-state index is -3.75. The largest absolute Gasteiger partial charge is 0.417 e. The molecule has 0 amide bonds. The highest BCUT2D eigenvalue weighted by atomic mass is 32.2. The van der Waals surface area contributed by atoms with Gasteiger partial charge in [-0.15, -0.1) is 11.3 Å². The smallest absolute Gasteiger partial charge is 0.408 e. The second-order valence-electron chi connectivity index (χ2n) is 4.07. The van der Waals surface area contributed by atoms with Crippen molar-refractivity contribution < 1.29 is 12.8 Å². The van der Waals surface area contributed by atoms with E-state index < -0.39 is 15.8 Å². The van der Waals surface area contributed by atoms with Gasteiger partial charge in [-0.05, 0) is 25.1 Å². The third-order valence-corrected chi connectivity index (χ3v) is 4.88. The van der Waals surface area contributed by atoms with Gasteiger partial charge in [-0.3, -0.25) is 9.71 Å². The average molecular weight is 311 g/mol. The molecule has 0 saturated heterocycles. The van der Waals surface area contributed by atoms with Crippen molar-refractivity contribution in [3.05, 3.63) is 39.8 Å². The number of rotatable bonds is 3. The van der Waals surface area contributed by atoms with Gasteiger partial charge in [0.25, 0.3) is 10.0 Å². The predicted octanol–water partition coefficient (Wildman–Crippen LogP) is 1.69. The van der Waals surface area contributed by atoms with Crippen LogP contribution in [-0.4, -0.2) is 18.4 Å². The van der Waals surface area contributed by atoms with E-state index in [-0.39, 0.29) is 4.90 Å². The number of H-pyrrole nitrogens is 1. The molecule has 20 heavy (non-hydrogen) atoms. The number of oxazole rings is 1. The van der Waals surface area contributed by atoms with Crippen molar-refractivity contribution in [3.8, 4) is 0 Å². The molecular formula is C11H9N3O4S2. The van der Waals surface area contributed by atoms with Gasteiger partial charge >= 0.3 is 5.76 Å². The van der Waals surface area contributed by atoms with Crippen LogP contribution in [-0.2, 0) is 10.0 Å². The average Bonchev–Trinajstić information content (AvgIpc) is 2.92. The molecule has 3 aromatic rings. The number of sulfonamides is 1. The fourth-order valence-electron chi connectivity index (χ4n) is 1.67. The first-order valence-electron chi connectivity index (χ1n) is 5.52. The summed E-state index contributed by atoms with van der Waals surface area (Å²) in [5.74, 6) is -0.627. The number of benzene rings is 1. The molecule has 0 unspecified atom stereocenters. The number of thiazole rings is 1. The zero-order chi connectivity index (χ0) is 14.3. The number of aryl methyl sites for hydroxylation is 1. The van der Waals surface area contributed by atoms with Gasteiger partial charge in [0.15, 0.2) is 10.7 Å². The number of aromatic nitrogens is 2. The van der Waals surface area contributed by atoms with Crippen molar-refractivity contribution in [1.82, 2.24) is 9.97 Å². The van der Waals surface area contributed by atoms with Crippen LogP contribution in [0.5, 0.6) is 0 Å². The second kappa shape index (κ2) is 4.46. The maximum Gasteiger partial charge on any atom is 0.417 e. The van der Waals surface area contributed by atoms with Crippen LogP contribution < -0.4 is 10.5 Å². The molecule has 1 aromatic carbocycles. The first-order chi connectivity index (χ1) is 9.44. The van der Waals surface area contributed by atoms with E-state index >= 15 is 0 Å². The Bertz CT molecular complexity index is 936. The molecule has 0 aliphatic heterocycles. The summed E-state index contributed by atoms with van der Waals surface area (Å²) in [6.07, 6.45) is 0. The van der Waals surface area contributed by atoms with Crippen LogP contribution in [0.25, 0.3) is 11.1 Å². The van der Waals surface area contributed by atoms with Crippen molar-refractivity contribution in [3.63, 3.8) is 0 Å². The van der Waals surface area contributed by atoms with Crippen LogP contribution in [0.1, 0.15) is 5.69 Å². The van der Waals surface area contributed by atoms with E-state index in [2.05, 4.69) is 14.7 Å². The molecule has 0 spiro atoms. The van der Waals surface area contributed by atoms with Crippen LogP contribution in [0, 0.1) is 6.92 Å². The quantitative estimate of drug-likeness (QED) is 0.765. The number of fused-ring (bicyclic) bond motifs is 1. The predicted molar refractivity (Wildman–Crippen MR) is 74.5 cm³/mol. The summed E-state index contributed by atoms with van der Waals surface area (Å²) in [5.41, 5.74) is 1.37. The Labute approximate surface area is 117 Å². The molecule has 9 heteroatoms. The first kappa shape index (κ1) is 12.9. The summed E-state index contributed by atoms with van der Waals surface area (Å²) in [7, 11) is -3.75. The summed E-state index contributed by atoms with van der Waals surface area (Å²) < 4.78 is 31.6. The topological polar surface area (TPSA) is 105 Å². The molecule has 2 heterocycles. The Morgan fingerprint density at radius 1 is 1.40 bits per heavy atom. The molecule has 0 aliphatic carbocycles. The molecule has 0 saturated carbocycles. The molecule has 0 aliphatic rings. The van der Waals surface area contributed by atoms with E-state index in [1.54, 1.807) is 12.3 Å². The van der Waals surface area contributed by atoms with Gasteiger partial charge in [0.2, 0.25) is 0 Å². The highest BCUT2D eigenvalue weighted by Crippen LogP contribution is 2.21. The van der Waals surface area contributed by atoms with Gasteiger partial charge in [-0.25, -0.2) is 18.2 Å². The van der Waals surface area contributed by atoms with Gasteiger partial charge in [0, 0.05) is 5.38 Å². The van der Waals surface area contributed by atoms with Crippen LogP contribution in [0.3, 0.4) is 0 Å².